The molecule has 5 heteroatoms. The second kappa shape index (κ2) is 8.55. The second-order valence-corrected chi connectivity index (χ2v) is 5.07. The van der Waals surface area contributed by atoms with Crippen LogP contribution < -0.4 is 15.4 Å². The number of rotatable bonds is 8. The molecule has 0 aliphatic heterocycles. The maximum absolute atomic E-state index is 11.7. The van der Waals surface area contributed by atoms with Crippen molar-refractivity contribution in [2.24, 2.45) is 0 Å². The maximum atomic E-state index is 11.7. The number of aliphatic hydroxyl groups excluding tert-OH is 1. The van der Waals surface area contributed by atoms with Crippen LogP contribution in [0.3, 0.4) is 0 Å². The third-order valence-corrected chi connectivity index (χ3v) is 2.67. The van der Waals surface area contributed by atoms with Gasteiger partial charge in [-0.2, -0.15) is 0 Å². The zero-order valence-electron chi connectivity index (χ0n) is 12.3. The van der Waals surface area contributed by atoms with Crippen LogP contribution in [0.25, 0.3) is 0 Å². The van der Waals surface area contributed by atoms with Crippen LogP contribution in [0, 0.1) is 0 Å². The molecule has 5 nitrogen and oxygen atoms in total. The summed E-state index contributed by atoms with van der Waals surface area (Å²) in [6.45, 7) is 6.08. The molecule has 20 heavy (non-hydrogen) atoms. The summed E-state index contributed by atoms with van der Waals surface area (Å²) in [6, 6.07) is 9.08. The van der Waals surface area contributed by atoms with E-state index in [9.17, 15) is 9.90 Å². The van der Waals surface area contributed by atoms with E-state index in [-0.39, 0.29) is 24.6 Å². The fourth-order valence-corrected chi connectivity index (χ4v) is 1.58. The van der Waals surface area contributed by atoms with E-state index < -0.39 is 6.10 Å². The standard InChI is InChI=1S/C15H24N2O3/c1-11(2)17-15(19)12(3)16-9-13(18)10-20-14-7-5-4-6-8-14/h4-8,11-13,16,18H,9-10H2,1-3H3,(H,17,19). The summed E-state index contributed by atoms with van der Waals surface area (Å²) >= 11 is 0. The largest absolute Gasteiger partial charge is 0.491 e. The quantitative estimate of drug-likeness (QED) is 0.662. The molecule has 1 aromatic carbocycles. The second-order valence-electron chi connectivity index (χ2n) is 5.07. The van der Waals surface area contributed by atoms with E-state index in [1.165, 1.54) is 0 Å². The van der Waals surface area contributed by atoms with Crippen LogP contribution in [0.15, 0.2) is 30.3 Å². The lowest BCUT2D eigenvalue weighted by Gasteiger charge is -2.18. The van der Waals surface area contributed by atoms with Crippen molar-refractivity contribution in [3.8, 4) is 5.75 Å². The first-order valence-corrected chi connectivity index (χ1v) is 6.88. The van der Waals surface area contributed by atoms with Crippen molar-refractivity contribution in [1.82, 2.24) is 10.6 Å². The molecule has 0 bridgehead atoms. The van der Waals surface area contributed by atoms with Gasteiger partial charge in [-0.15, -0.1) is 0 Å². The smallest absolute Gasteiger partial charge is 0.237 e. The molecule has 0 radical (unpaired) electrons. The van der Waals surface area contributed by atoms with Crippen LogP contribution >= 0.6 is 0 Å². The van der Waals surface area contributed by atoms with Crippen LogP contribution in [0.5, 0.6) is 5.75 Å². The lowest BCUT2D eigenvalue weighted by atomic mass is 10.2. The number of hydrogen-bond acceptors (Lipinski definition) is 4. The molecule has 0 aromatic heterocycles. The van der Waals surface area contributed by atoms with Gasteiger partial charge in [0.05, 0.1) is 6.04 Å². The fourth-order valence-electron chi connectivity index (χ4n) is 1.58. The molecule has 2 atom stereocenters. The summed E-state index contributed by atoms with van der Waals surface area (Å²) in [5, 5.41) is 15.6. The summed E-state index contributed by atoms with van der Waals surface area (Å²) in [5.74, 6) is 0.647. The van der Waals surface area contributed by atoms with Crippen molar-refractivity contribution in [3.05, 3.63) is 30.3 Å². The van der Waals surface area contributed by atoms with Crippen molar-refractivity contribution in [1.29, 1.82) is 0 Å². The number of para-hydroxylation sites is 1. The van der Waals surface area contributed by atoms with Crippen LogP contribution in [0.1, 0.15) is 20.8 Å². The van der Waals surface area contributed by atoms with Crippen LogP contribution in [0.4, 0.5) is 0 Å². The number of hydrogen-bond donors (Lipinski definition) is 3. The fraction of sp³-hybridized carbons (Fsp3) is 0.533. The van der Waals surface area contributed by atoms with Crippen LogP contribution in [-0.2, 0) is 4.79 Å². The molecular formula is C15H24N2O3. The Kier molecular flexibility index (Phi) is 7.04. The first-order valence-electron chi connectivity index (χ1n) is 6.88. The van der Waals surface area contributed by atoms with Crippen molar-refractivity contribution >= 4 is 5.91 Å². The van der Waals surface area contributed by atoms with Gasteiger partial charge >= 0.3 is 0 Å². The Hall–Kier alpha value is -1.59. The highest BCUT2D eigenvalue weighted by atomic mass is 16.5. The van der Waals surface area contributed by atoms with Gasteiger partial charge in [-0.1, -0.05) is 18.2 Å². The molecule has 112 valence electrons. The Morgan fingerprint density at radius 3 is 2.50 bits per heavy atom. The Balaban J connectivity index is 2.22. The van der Waals surface area contributed by atoms with E-state index >= 15 is 0 Å². The Morgan fingerprint density at radius 1 is 1.25 bits per heavy atom. The summed E-state index contributed by atoms with van der Waals surface area (Å²) in [4.78, 5) is 11.7. The molecule has 3 N–H and O–H groups in total. The summed E-state index contributed by atoms with van der Waals surface area (Å²) in [6.07, 6.45) is -0.662. The topological polar surface area (TPSA) is 70.6 Å². The van der Waals surface area contributed by atoms with E-state index in [1.807, 2.05) is 44.2 Å². The van der Waals surface area contributed by atoms with E-state index in [0.717, 1.165) is 5.75 Å². The molecule has 0 saturated carbocycles. The predicted octanol–water partition coefficient (Wildman–Crippen LogP) is 0.929. The lowest BCUT2D eigenvalue weighted by molar-refractivity contribution is -0.123. The zero-order valence-corrected chi connectivity index (χ0v) is 12.3. The molecule has 0 spiro atoms. The van der Waals surface area contributed by atoms with E-state index in [2.05, 4.69) is 10.6 Å². The van der Waals surface area contributed by atoms with Gasteiger partial charge in [-0.3, -0.25) is 4.79 Å². The number of carbonyl (C=O) groups excluding carboxylic acids is 1. The number of amides is 1. The summed E-state index contributed by atoms with van der Waals surface area (Å²) in [7, 11) is 0. The third-order valence-electron chi connectivity index (χ3n) is 2.67. The number of benzene rings is 1. The monoisotopic (exact) mass is 280 g/mol. The zero-order chi connectivity index (χ0) is 15.0. The van der Waals surface area contributed by atoms with Gasteiger partial charge in [0.2, 0.25) is 5.91 Å². The van der Waals surface area contributed by atoms with Gasteiger partial charge in [0.1, 0.15) is 18.5 Å². The molecular weight excluding hydrogens is 256 g/mol. The summed E-state index contributed by atoms with van der Waals surface area (Å²) in [5.41, 5.74) is 0. The Labute approximate surface area is 120 Å². The number of aliphatic hydroxyl groups is 1. The summed E-state index contributed by atoms with van der Waals surface area (Å²) < 4.78 is 5.43. The van der Waals surface area contributed by atoms with E-state index in [4.69, 9.17) is 4.74 Å². The van der Waals surface area contributed by atoms with Gasteiger partial charge in [0.25, 0.3) is 0 Å². The minimum atomic E-state index is -0.662. The highest BCUT2D eigenvalue weighted by molar-refractivity contribution is 5.81. The maximum Gasteiger partial charge on any atom is 0.237 e. The van der Waals surface area contributed by atoms with E-state index in [1.54, 1.807) is 6.92 Å². The predicted molar refractivity (Wildman–Crippen MR) is 78.7 cm³/mol. The van der Waals surface area contributed by atoms with Gasteiger partial charge < -0.3 is 20.5 Å². The first-order chi connectivity index (χ1) is 9.49. The first kappa shape index (κ1) is 16.5. The van der Waals surface area contributed by atoms with Crippen LogP contribution in [0.2, 0.25) is 0 Å². The van der Waals surface area contributed by atoms with Gasteiger partial charge in [-0.25, -0.2) is 0 Å². The van der Waals surface area contributed by atoms with Gasteiger partial charge in [0, 0.05) is 12.6 Å². The van der Waals surface area contributed by atoms with Crippen molar-refractivity contribution < 1.29 is 14.6 Å². The van der Waals surface area contributed by atoms with E-state index in [0.29, 0.717) is 6.54 Å². The molecule has 1 aromatic rings. The number of carbonyl (C=O) groups is 1. The molecule has 0 heterocycles. The van der Waals surface area contributed by atoms with Crippen molar-refractivity contribution in [3.63, 3.8) is 0 Å². The molecule has 0 aliphatic carbocycles. The SMILES string of the molecule is CC(C)NC(=O)C(C)NCC(O)COc1ccccc1. The third kappa shape index (κ3) is 6.54. The molecule has 0 fully saturated rings. The minimum absolute atomic E-state index is 0.0730. The number of ether oxygens (including phenoxy) is 1. The molecule has 0 aliphatic rings. The Bertz CT molecular complexity index is 395. The normalized spacial score (nSPS) is 13.8. The van der Waals surface area contributed by atoms with Gasteiger partial charge in [-0.05, 0) is 32.9 Å². The molecule has 0 saturated heterocycles. The van der Waals surface area contributed by atoms with Crippen molar-refractivity contribution in [2.45, 2.75) is 39.0 Å². The molecule has 1 amide bonds. The highest BCUT2D eigenvalue weighted by Gasteiger charge is 2.14. The van der Waals surface area contributed by atoms with Gasteiger partial charge in [0.15, 0.2) is 0 Å². The number of nitrogens with one attached hydrogen (secondary N) is 2. The average molecular weight is 280 g/mol. The lowest BCUT2D eigenvalue weighted by Crippen LogP contribution is -2.47. The molecule has 1 rings (SSSR count). The van der Waals surface area contributed by atoms with Crippen molar-refractivity contribution in [2.75, 3.05) is 13.2 Å². The highest BCUT2D eigenvalue weighted by Crippen LogP contribution is 2.08. The molecule has 2 unspecified atom stereocenters. The minimum Gasteiger partial charge on any atom is -0.491 e. The van der Waals surface area contributed by atoms with Crippen LogP contribution in [-0.4, -0.2) is 42.4 Å². The Morgan fingerprint density at radius 2 is 1.90 bits per heavy atom. The average Bonchev–Trinajstić information content (AvgIpc) is 2.42.